The molecule has 0 saturated carbocycles. The molecule has 5 heteroatoms. The van der Waals surface area contributed by atoms with E-state index in [2.05, 4.69) is 35.3 Å². The molecule has 32 heavy (non-hydrogen) atoms. The molecule has 0 spiro atoms. The molecule has 1 aromatic heterocycles. The van der Waals surface area contributed by atoms with Crippen LogP contribution in [-0.2, 0) is 4.79 Å². The molecule has 0 atom stereocenters. The Balaban J connectivity index is 1.94. The number of carboxylic acids is 1. The zero-order valence-corrected chi connectivity index (χ0v) is 18.0. The number of ether oxygens (including phenoxy) is 1. The van der Waals surface area contributed by atoms with Gasteiger partial charge in [0, 0.05) is 17.0 Å². The van der Waals surface area contributed by atoms with Gasteiger partial charge in [-0.05, 0) is 58.5 Å². The highest BCUT2D eigenvalue weighted by atomic mass is 16.5. The fraction of sp³-hybridized carbons (Fsp3) is 0.111. The van der Waals surface area contributed by atoms with Crippen molar-refractivity contribution < 1.29 is 14.6 Å². The third kappa shape index (κ3) is 4.32. The van der Waals surface area contributed by atoms with Crippen molar-refractivity contribution >= 4 is 34.1 Å². The van der Waals surface area contributed by atoms with Crippen LogP contribution in [0.2, 0.25) is 0 Å². The number of aliphatic carboxylic acids is 1. The number of H-pyrrole nitrogens is 1. The van der Waals surface area contributed by atoms with Crippen LogP contribution in [0.1, 0.15) is 35.6 Å². The van der Waals surface area contributed by atoms with Gasteiger partial charge in [-0.25, -0.2) is 4.79 Å². The third-order valence-corrected chi connectivity index (χ3v) is 5.43. The Hall–Kier alpha value is -4.12. The molecule has 0 amide bonds. The van der Waals surface area contributed by atoms with Crippen molar-refractivity contribution in [3.05, 3.63) is 101 Å². The Kier molecular flexibility index (Phi) is 6.17. The summed E-state index contributed by atoms with van der Waals surface area (Å²) >= 11 is 0. The summed E-state index contributed by atoms with van der Waals surface area (Å²) in [6, 6.07) is 22.2. The minimum atomic E-state index is -0.965. The van der Waals surface area contributed by atoms with E-state index in [1.807, 2.05) is 54.7 Å². The van der Waals surface area contributed by atoms with E-state index in [-0.39, 0.29) is 0 Å². The van der Waals surface area contributed by atoms with E-state index in [0.717, 1.165) is 57.0 Å². The number of aromatic amines is 1. The van der Waals surface area contributed by atoms with Crippen molar-refractivity contribution in [3.8, 4) is 5.75 Å². The molecule has 2 N–H and O–H groups in total. The van der Waals surface area contributed by atoms with E-state index in [0.29, 0.717) is 0 Å². The lowest BCUT2D eigenvalue weighted by Crippen LogP contribution is -1.98. The number of carbonyl (C=O) groups is 1. The molecular weight excluding hydrogens is 400 g/mol. The molecule has 3 aromatic carbocycles. The van der Waals surface area contributed by atoms with Gasteiger partial charge < -0.3 is 9.84 Å². The summed E-state index contributed by atoms with van der Waals surface area (Å²) in [4.78, 5) is 10.8. The Bertz CT molecular complexity index is 1310. The van der Waals surface area contributed by atoms with E-state index >= 15 is 0 Å². The number of benzene rings is 3. The Labute approximate surface area is 186 Å². The third-order valence-electron chi connectivity index (χ3n) is 5.43. The number of rotatable bonds is 7. The van der Waals surface area contributed by atoms with Gasteiger partial charge in [0.2, 0.25) is 0 Å². The number of carboxylic acid groups (broad SMARTS) is 1. The van der Waals surface area contributed by atoms with Gasteiger partial charge >= 0.3 is 5.97 Å². The summed E-state index contributed by atoms with van der Waals surface area (Å²) in [6.07, 6.45) is 5.36. The van der Waals surface area contributed by atoms with Gasteiger partial charge in [-0.15, -0.1) is 0 Å². The SMILES string of the molecule is CC/C(=C(\c1ccc(/C=C/C(=O)O)cc1)c1ccc2[nH]ncc2c1)c1ccccc1OC. The maximum absolute atomic E-state index is 10.8. The lowest BCUT2D eigenvalue weighted by atomic mass is 9.87. The smallest absolute Gasteiger partial charge is 0.328 e. The summed E-state index contributed by atoms with van der Waals surface area (Å²) in [6.45, 7) is 2.14. The number of aromatic nitrogens is 2. The molecule has 4 rings (SSSR count). The number of para-hydroxylation sites is 1. The molecule has 0 aliphatic rings. The van der Waals surface area contributed by atoms with Crippen molar-refractivity contribution in [3.63, 3.8) is 0 Å². The monoisotopic (exact) mass is 424 g/mol. The van der Waals surface area contributed by atoms with Crippen LogP contribution in [0.25, 0.3) is 28.1 Å². The van der Waals surface area contributed by atoms with Gasteiger partial charge in [-0.3, -0.25) is 5.10 Å². The molecule has 0 bridgehead atoms. The summed E-state index contributed by atoms with van der Waals surface area (Å²) in [5.74, 6) is -0.139. The predicted molar refractivity (Wildman–Crippen MR) is 128 cm³/mol. The molecule has 0 aliphatic heterocycles. The van der Waals surface area contributed by atoms with Crippen LogP contribution < -0.4 is 4.74 Å². The molecule has 0 aliphatic carbocycles. The first-order valence-electron chi connectivity index (χ1n) is 10.4. The van der Waals surface area contributed by atoms with Crippen LogP contribution >= 0.6 is 0 Å². The van der Waals surface area contributed by atoms with E-state index in [1.165, 1.54) is 5.57 Å². The summed E-state index contributed by atoms with van der Waals surface area (Å²) in [5, 5.41) is 17.1. The predicted octanol–water partition coefficient (Wildman–Crippen LogP) is 6.04. The summed E-state index contributed by atoms with van der Waals surface area (Å²) in [5.41, 5.74) is 7.26. The van der Waals surface area contributed by atoms with Crippen molar-refractivity contribution in [2.75, 3.05) is 7.11 Å². The molecule has 5 nitrogen and oxygen atoms in total. The zero-order valence-electron chi connectivity index (χ0n) is 18.0. The van der Waals surface area contributed by atoms with E-state index in [1.54, 1.807) is 13.2 Å². The average Bonchev–Trinajstić information content (AvgIpc) is 3.29. The van der Waals surface area contributed by atoms with Gasteiger partial charge in [-0.1, -0.05) is 55.5 Å². The number of nitrogens with one attached hydrogen (secondary N) is 1. The first-order chi connectivity index (χ1) is 15.6. The zero-order chi connectivity index (χ0) is 22.5. The molecule has 1 heterocycles. The average molecular weight is 425 g/mol. The van der Waals surface area contributed by atoms with Crippen molar-refractivity contribution in [1.29, 1.82) is 0 Å². The number of hydrogen-bond donors (Lipinski definition) is 2. The molecule has 0 saturated heterocycles. The Morgan fingerprint density at radius 3 is 2.53 bits per heavy atom. The second-order valence-corrected chi connectivity index (χ2v) is 7.37. The van der Waals surface area contributed by atoms with Crippen LogP contribution in [-0.4, -0.2) is 28.4 Å². The normalized spacial score (nSPS) is 12.2. The second kappa shape index (κ2) is 9.35. The van der Waals surface area contributed by atoms with Crippen LogP contribution in [0, 0.1) is 0 Å². The maximum atomic E-state index is 10.8. The van der Waals surface area contributed by atoms with E-state index in [4.69, 9.17) is 9.84 Å². The lowest BCUT2D eigenvalue weighted by Gasteiger charge is -2.18. The molecular formula is C27H24N2O3. The van der Waals surface area contributed by atoms with E-state index in [9.17, 15) is 4.79 Å². The molecule has 0 radical (unpaired) electrons. The van der Waals surface area contributed by atoms with Gasteiger partial charge in [0.05, 0.1) is 18.8 Å². The van der Waals surface area contributed by atoms with Gasteiger partial charge in [0.15, 0.2) is 0 Å². The molecule has 0 fully saturated rings. The van der Waals surface area contributed by atoms with Crippen LogP contribution in [0.3, 0.4) is 0 Å². The number of methoxy groups -OCH3 is 1. The fourth-order valence-electron chi connectivity index (χ4n) is 3.94. The Morgan fingerprint density at radius 2 is 1.81 bits per heavy atom. The summed E-state index contributed by atoms with van der Waals surface area (Å²) in [7, 11) is 1.69. The van der Waals surface area contributed by atoms with E-state index < -0.39 is 5.97 Å². The van der Waals surface area contributed by atoms with Crippen LogP contribution in [0.15, 0.2) is 79.0 Å². The van der Waals surface area contributed by atoms with Gasteiger partial charge in [0.1, 0.15) is 5.75 Å². The standard InChI is InChI=1S/C27H24N2O3/c1-3-22(23-6-4-5-7-25(23)32-2)27(20-13-14-24-21(16-20)17-28-29-24)19-11-8-18(9-12-19)10-15-26(30)31/h4-17H,3H2,1-2H3,(H,28,29)(H,30,31)/b15-10+,27-22-. The van der Waals surface area contributed by atoms with Crippen LogP contribution in [0.5, 0.6) is 5.75 Å². The van der Waals surface area contributed by atoms with Gasteiger partial charge in [-0.2, -0.15) is 5.10 Å². The molecule has 4 aromatic rings. The molecule has 0 unspecified atom stereocenters. The highest BCUT2D eigenvalue weighted by Gasteiger charge is 2.16. The first-order valence-corrected chi connectivity index (χ1v) is 10.4. The largest absolute Gasteiger partial charge is 0.496 e. The maximum Gasteiger partial charge on any atom is 0.328 e. The highest BCUT2D eigenvalue weighted by Crippen LogP contribution is 2.38. The van der Waals surface area contributed by atoms with Crippen molar-refractivity contribution in [2.24, 2.45) is 0 Å². The summed E-state index contributed by atoms with van der Waals surface area (Å²) < 4.78 is 5.67. The quantitative estimate of drug-likeness (QED) is 0.280. The van der Waals surface area contributed by atoms with Crippen LogP contribution in [0.4, 0.5) is 0 Å². The van der Waals surface area contributed by atoms with Crippen molar-refractivity contribution in [2.45, 2.75) is 13.3 Å². The lowest BCUT2D eigenvalue weighted by molar-refractivity contribution is -0.131. The fourth-order valence-corrected chi connectivity index (χ4v) is 3.94. The topological polar surface area (TPSA) is 75.2 Å². The number of allylic oxidation sites excluding steroid dienone is 1. The number of hydrogen-bond acceptors (Lipinski definition) is 3. The second-order valence-electron chi connectivity index (χ2n) is 7.37. The highest BCUT2D eigenvalue weighted by molar-refractivity contribution is 6.01. The Morgan fingerprint density at radius 1 is 1.06 bits per heavy atom. The van der Waals surface area contributed by atoms with Gasteiger partial charge in [0.25, 0.3) is 0 Å². The minimum absolute atomic E-state index is 0.805. The number of fused-ring (bicyclic) bond motifs is 1. The first kappa shape index (κ1) is 21.1. The van der Waals surface area contributed by atoms with Crippen molar-refractivity contribution in [1.82, 2.24) is 10.2 Å². The number of nitrogens with zero attached hydrogens (tertiary/aromatic N) is 1. The molecule has 160 valence electrons. The minimum Gasteiger partial charge on any atom is -0.496 e.